The number of anilines is 2. The summed E-state index contributed by atoms with van der Waals surface area (Å²) < 4.78 is 16.1. The van der Waals surface area contributed by atoms with Crippen LogP contribution in [0.5, 0.6) is 11.5 Å². The second kappa shape index (κ2) is 9.51. The molecule has 1 amide bonds. The number of methoxy groups -OCH3 is 1. The fourth-order valence-electron chi connectivity index (χ4n) is 3.61. The number of nitrogens with zero attached hydrogens (tertiary/aromatic N) is 3. The Labute approximate surface area is 181 Å². The minimum Gasteiger partial charge on any atom is -0.497 e. The normalized spacial score (nSPS) is 16.1. The third-order valence-corrected chi connectivity index (χ3v) is 5.26. The molecule has 1 aromatic heterocycles. The fourth-order valence-corrected chi connectivity index (χ4v) is 3.61. The summed E-state index contributed by atoms with van der Waals surface area (Å²) in [4.78, 5) is 19.3. The number of rotatable bonds is 7. The molecule has 0 saturated carbocycles. The Balaban J connectivity index is 1.38. The van der Waals surface area contributed by atoms with Crippen molar-refractivity contribution in [1.29, 1.82) is 0 Å². The van der Waals surface area contributed by atoms with Crippen LogP contribution in [0.1, 0.15) is 19.8 Å². The maximum atomic E-state index is 12.8. The SMILES string of the molecule is CCOc1ccc(NC(=O)C2CCCN(c3nc(-c4ccc(OC)cc4)no3)C2)cc1. The second-order valence-corrected chi connectivity index (χ2v) is 7.36. The van der Waals surface area contributed by atoms with Gasteiger partial charge in [0.05, 0.1) is 19.6 Å². The highest BCUT2D eigenvalue weighted by atomic mass is 16.5. The Bertz CT molecular complexity index is 1000. The third-order valence-electron chi connectivity index (χ3n) is 5.26. The van der Waals surface area contributed by atoms with Crippen molar-refractivity contribution in [2.45, 2.75) is 19.8 Å². The zero-order valence-electron chi connectivity index (χ0n) is 17.7. The molecule has 0 aliphatic carbocycles. The van der Waals surface area contributed by atoms with Crippen molar-refractivity contribution in [3.05, 3.63) is 48.5 Å². The quantitative estimate of drug-likeness (QED) is 0.615. The molecule has 0 spiro atoms. The predicted molar refractivity (Wildman–Crippen MR) is 117 cm³/mol. The first-order valence-electron chi connectivity index (χ1n) is 10.4. The summed E-state index contributed by atoms with van der Waals surface area (Å²) in [7, 11) is 1.63. The van der Waals surface area contributed by atoms with Gasteiger partial charge in [-0.05, 0) is 68.3 Å². The summed E-state index contributed by atoms with van der Waals surface area (Å²) in [5.74, 6) is 1.90. The first-order chi connectivity index (χ1) is 15.2. The predicted octanol–water partition coefficient (Wildman–Crippen LogP) is 4.00. The van der Waals surface area contributed by atoms with Crippen molar-refractivity contribution >= 4 is 17.6 Å². The molecule has 1 saturated heterocycles. The average Bonchev–Trinajstić information content (AvgIpc) is 3.31. The van der Waals surface area contributed by atoms with Gasteiger partial charge in [0.2, 0.25) is 11.7 Å². The zero-order valence-corrected chi connectivity index (χ0v) is 17.7. The summed E-state index contributed by atoms with van der Waals surface area (Å²) >= 11 is 0. The van der Waals surface area contributed by atoms with Gasteiger partial charge in [-0.3, -0.25) is 4.79 Å². The number of nitrogens with one attached hydrogen (secondary N) is 1. The van der Waals surface area contributed by atoms with Crippen LogP contribution in [0.25, 0.3) is 11.4 Å². The number of hydrogen-bond acceptors (Lipinski definition) is 7. The maximum absolute atomic E-state index is 12.8. The molecular weight excluding hydrogens is 396 g/mol. The average molecular weight is 422 g/mol. The van der Waals surface area contributed by atoms with E-state index in [0.29, 0.717) is 25.0 Å². The summed E-state index contributed by atoms with van der Waals surface area (Å²) in [6, 6.07) is 15.3. The second-order valence-electron chi connectivity index (χ2n) is 7.36. The van der Waals surface area contributed by atoms with Crippen LogP contribution in [-0.2, 0) is 4.79 Å². The van der Waals surface area contributed by atoms with Crippen molar-refractivity contribution in [1.82, 2.24) is 10.1 Å². The van der Waals surface area contributed by atoms with Crippen molar-refractivity contribution < 1.29 is 18.8 Å². The Kier molecular flexibility index (Phi) is 6.35. The number of benzene rings is 2. The highest BCUT2D eigenvalue weighted by Gasteiger charge is 2.28. The molecule has 1 aliphatic rings. The Morgan fingerprint density at radius 1 is 1.16 bits per heavy atom. The number of ether oxygens (including phenoxy) is 2. The van der Waals surface area contributed by atoms with Gasteiger partial charge < -0.3 is 24.2 Å². The molecule has 31 heavy (non-hydrogen) atoms. The monoisotopic (exact) mass is 422 g/mol. The Morgan fingerprint density at radius 3 is 2.61 bits per heavy atom. The van der Waals surface area contributed by atoms with Crippen LogP contribution >= 0.6 is 0 Å². The number of aromatic nitrogens is 2. The summed E-state index contributed by atoms with van der Waals surface area (Å²) in [6.45, 7) is 3.86. The van der Waals surface area contributed by atoms with Gasteiger partial charge in [0, 0.05) is 24.3 Å². The van der Waals surface area contributed by atoms with Crippen molar-refractivity contribution in [3.63, 3.8) is 0 Å². The van der Waals surface area contributed by atoms with Crippen LogP contribution in [-0.4, -0.2) is 42.9 Å². The van der Waals surface area contributed by atoms with E-state index in [2.05, 4.69) is 15.5 Å². The molecule has 8 heteroatoms. The van der Waals surface area contributed by atoms with E-state index in [-0.39, 0.29) is 11.8 Å². The molecule has 0 bridgehead atoms. The molecule has 4 rings (SSSR count). The van der Waals surface area contributed by atoms with Gasteiger partial charge in [0.1, 0.15) is 11.5 Å². The standard InChI is InChI=1S/C23H26N4O4/c1-3-30-20-12-8-18(9-13-20)24-22(28)17-5-4-14-27(15-17)23-25-21(26-31-23)16-6-10-19(29-2)11-7-16/h6-13,17H,3-5,14-15H2,1-2H3,(H,24,28). The van der Waals surface area contributed by atoms with Crippen LogP contribution in [0.15, 0.2) is 53.1 Å². The number of amides is 1. The highest BCUT2D eigenvalue weighted by molar-refractivity contribution is 5.93. The van der Waals surface area contributed by atoms with E-state index in [4.69, 9.17) is 14.0 Å². The molecule has 1 aliphatic heterocycles. The summed E-state index contributed by atoms with van der Waals surface area (Å²) in [5, 5.41) is 7.09. The molecule has 1 atom stereocenters. The van der Waals surface area contributed by atoms with E-state index >= 15 is 0 Å². The van der Waals surface area contributed by atoms with E-state index in [1.807, 2.05) is 60.4 Å². The first-order valence-corrected chi connectivity index (χ1v) is 10.4. The van der Waals surface area contributed by atoms with Crippen LogP contribution in [0.4, 0.5) is 11.7 Å². The van der Waals surface area contributed by atoms with Crippen LogP contribution in [0.3, 0.4) is 0 Å². The molecule has 1 unspecified atom stereocenters. The minimum atomic E-state index is -0.156. The summed E-state index contributed by atoms with van der Waals surface area (Å²) in [5.41, 5.74) is 1.60. The van der Waals surface area contributed by atoms with Gasteiger partial charge in [0.15, 0.2) is 0 Å². The lowest BCUT2D eigenvalue weighted by atomic mass is 9.97. The van der Waals surface area contributed by atoms with E-state index in [0.717, 1.165) is 42.1 Å². The van der Waals surface area contributed by atoms with Gasteiger partial charge in [-0.25, -0.2) is 0 Å². The molecule has 0 radical (unpaired) electrons. The maximum Gasteiger partial charge on any atom is 0.324 e. The molecule has 3 aromatic rings. The molecule has 8 nitrogen and oxygen atoms in total. The Morgan fingerprint density at radius 2 is 1.90 bits per heavy atom. The molecule has 2 heterocycles. The highest BCUT2D eigenvalue weighted by Crippen LogP contribution is 2.26. The Hall–Kier alpha value is -3.55. The van der Waals surface area contributed by atoms with Crippen LogP contribution < -0.4 is 19.7 Å². The van der Waals surface area contributed by atoms with Crippen LogP contribution in [0, 0.1) is 5.92 Å². The number of hydrogen-bond donors (Lipinski definition) is 1. The largest absolute Gasteiger partial charge is 0.497 e. The van der Waals surface area contributed by atoms with E-state index < -0.39 is 0 Å². The molecule has 1 N–H and O–H groups in total. The lowest BCUT2D eigenvalue weighted by Gasteiger charge is -2.30. The van der Waals surface area contributed by atoms with Crippen molar-refractivity contribution in [2.24, 2.45) is 5.92 Å². The van der Waals surface area contributed by atoms with E-state index in [1.165, 1.54) is 0 Å². The van der Waals surface area contributed by atoms with Gasteiger partial charge in [-0.2, -0.15) is 4.98 Å². The van der Waals surface area contributed by atoms with Gasteiger partial charge >= 0.3 is 6.01 Å². The molecule has 1 fully saturated rings. The first kappa shape index (κ1) is 20.7. The fraction of sp³-hybridized carbons (Fsp3) is 0.348. The minimum absolute atomic E-state index is 0.0104. The smallest absolute Gasteiger partial charge is 0.324 e. The summed E-state index contributed by atoms with van der Waals surface area (Å²) in [6.07, 6.45) is 1.69. The lowest BCUT2D eigenvalue weighted by Crippen LogP contribution is -2.41. The van der Waals surface area contributed by atoms with Crippen LogP contribution in [0.2, 0.25) is 0 Å². The van der Waals surface area contributed by atoms with Crippen molar-refractivity contribution in [3.8, 4) is 22.9 Å². The topological polar surface area (TPSA) is 89.7 Å². The van der Waals surface area contributed by atoms with E-state index in [1.54, 1.807) is 7.11 Å². The van der Waals surface area contributed by atoms with E-state index in [9.17, 15) is 4.79 Å². The van der Waals surface area contributed by atoms with Gasteiger partial charge in [-0.1, -0.05) is 5.16 Å². The molecule has 2 aromatic carbocycles. The van der Waals surface area contributed by atoms with Crippen molar-refractivity contribution in [2.75, 3.05) is 37.0 Å². The van der Waals surface area contributed by atoms with Gasteiger partial charge in [-0.15, -0.1) is 0 Å². The zero-order chi connectivity index (χ0) is 21.6. The molecule has 162 valence electrons. The third kappa shape index (κ3) is 4.96. The number of carbonyl (C=O) groups is 1. The molecular formula is C23H26N4O4. The number of carbonyl (C=O) groups excluding carboxylic acids is 1. The lowest BCUT2D eigenvalue weighted by molar-refractivity contribution is -0.120. The van der Waals surface area contributed by atoms with Gasteiger partial charge in [0.25, 0.3) is 0 Å². The number of piperidine rings is 1.